The van der Waals surface area contributed by atoms with Crippen LogP contribution >= 0.6 is 11.6 Å². The van der Waals surface area contributed by atoms with Gasteiger partial charge < -0.3 is 19.2 Å². The van der Waals surface area contributed by atoms with Gasteiger partial charge in [0, 0.05) is 19.0 Å². The summed E-state index contributed by atoms with van der Waals surface area (Å²) in [6, 6.07) is 3.20. The summed E-state index contributed by atoms with van der Waals surface area (Å²) in [7, 11) is 0. The Morgan fingerprint density at radius 1 is 1.38 bits per heavy atom. The normalized spacial score (nSPS) is 22.4. The van der Waals surface area contributed by atoms with Gasteiger partial charge in [0.1, 0.15) is 11.4 Å². The molecule has 0 aromatic carbocycles. The first-order valence-corrected chi connectivity index (χ1v) is 7.01. The highest BCUT2D eigenvalue weighted by atomic mass is 35.5. The third kappa shape index (κ3) is 3.69. The van der Waals surface area contributed by atoms with Gasteiger partial charge in [-0.05, 0) is 44.5 Å². The van der Waals surface area contributed by atoms with Gasteiger partial charge in [-0.2, -0.15) is 0 Å². The minimum absolute atomic E-state index is 0.0905. The molecule has 21 heavy (non-hydrogen) atoms. The van der Waals surface area contributed by atoms with E-state index in [1.807, 2.05) is 0 Å². The summed E-state index contributed by atoms with van der Waals surface area (Å²) in [6.07, 6.45) is -0.520. The third-order valence-electron chi connectivity index (χ3n) is 3.25. The summed E-state index contributed by atoms with van der Waals surface area (Å²) in [5.74, 6) is -1.67. The summed E-state index contributed by atoms with van der Waals surface area (Å²) in [5.41, 5.74) is -0.623. The predicted molar refractivity (Wildman–Crippen MR) is 75.4 cm³/mol. The second-order valence-corrected chi connectivity index (χ2v) is 6.45. The van der Waals surface area contributed by atoms with Gasteiger partial charge in [0.05, 0.1) is 5.92 Å². The van der Waals surface area contributed by atoms with Crippen LogP contribution in [-0.2, 0) is 9.53 Å². The number of halogens is 1. The van der Waals surface area contributed by atoms with Crippen LogP contribution in [0, 0.1) is 5.92 Å². The first kappa shape index (κ1) is 15.7. The fourth-order valence-electron chi connectivity index (χ4n) is 2.35. The van der Waals surface area contributed by atoms with Gasteiger partial charge in [-0.1, -0.05) is 0 Å². The lowest BCUT2D eigenvalue weighted by Crippen LogP contribution is -2.35. The van der Waals surface area contributed by atoms with Gasteiger partial charge in [-0.15, -0.1) is 0 Å². The van der Waals surface area contributed by atoms with E-state index in [1.54, 1.807) is 32.9 Å². The Kier molecular flexibility index (Phi) is 4.18. The van der Waals surface area contributed by atoms with Crippen LogP contribution in [0.1, 0.15) is 32.4 Å². The smallest absolute Gasteiger partial charge is 0.410 e. The van der Waals surface area contributed by atoms with Crippen molar-refractivity contribution in [3.05, 3.63) is 23.1 Å². The fraction of sp³-hybridized carbons (Fsp3) is 0.571. The van der Waals surface area contributed by atoms with Gasteiger partial charge in [0.2, 0.25) is 0 Å². The predicted octanol–water partition coefficient (Wildman–Crippen LogP) is 2.97. The Morgan fingerprint density at radius 3 is 2.52 bits per heavy atom. The summed E-state index contributed by atoms with van der Waals surface area (Å²) >= 11 is 5.73. The van der Waals surface area contributed by atoms with E-state index >= 15 is 0 Å². The summed E-state index contributed by atoms with van der Waals surface area (Å²) < 4.78 is 10.6. The molecule has 1 aromatic rings. The monoisotopic (exact) mass is 315 g/mol. The first-order chi connectivity index (χ1) is 9.67. The molecule has 1 N–H and O–H groups in total. The van der Waals surface area contributed by atoms with Gasteiger partial charge in [0.25, 0.3) is 0 Å². The zero-order chi connectivity index (χ0) is 15.8. The number of aliphatic carboxylic acids is 1. The molecule has 1 saturated heterocycles. The van der Waals surface area contributed by atoms with Gasteiger partial charge >= 0.3 is 12.1 Å². The molecule has 0 spiro atoms. The highest BCUT2D eigenvalue weighted by Crippen LogP contribution is 2.35. The number of carbonyl (C=O) groups excluding carboxylic acids is 1. The number of amides is 1. The van der Waals surface area contributed by atoms with Gasteiger partial charge in [-0.25, -0.2) is 4.79 Å². The summed E-state index contributed by atoms with van der Waals surface area (Å²) in [6.45, 7) is 5.61. The van der Waals surface area contributed by atoms with Crippen LogP contribution in [0.3, 0.4) is 0 Å². The molecule has 0 radical (unpaired) electrons. The standard InChI is InChI=1S/C14H18ClNO5/c1-14(2,3)21-13(19)16-6-8(9(7-16)12(17)18)10-4-5-11(15)20-10/h4-5,8-9H,6-7H2,1-3H3,(H,17,18). The molecule has 7 heteroatoms. The minimum atomic E-state index is -0.974. The van der Waals surface area contributed by atoms with Crippen molar-refractivity contribution in [3.8, 4) is 0 Å². The number of hydrogen-bond donors (Lipinski definition) is 1. The van der Waals surface area contributed by atoms with Crippen molar-refractivity contribution in [2.45, 2.75) is 32.3 Å². The number of rotatable bonds is 2. The zero-order valence-corrected chi connectivity index (χ0v) is 12.9. The lowest BCUT2D eigenvalue weighted by atomic mass is 9.94. The maximum atomic E-state index is 12.1. The molecule has 2 heterocycles. The molecule has 1 fully saturated rings. The molecule has 2 unspecified atom stereocenters. The van der Waals surface area contributed by atoms with E-state index in [9.17, 15) is 14.7 Å². The number of carboxylic acid groups (broad SMARTS) is 1. The molecule has 1 amide bonds. The van der Waals surface area contributed by atoms with E-state index in [-0.39, 0.29) is 18.3 Å². The molecule has 6 nitrogen and oxygen atoms in total. The maximum absolute atomic E-state index is 12.1. The SMILES string of the molecule is CC(C)(C)OC(=O)N1CC(C(=O)O)C(c2ccc(Cl)o2)C1. The number of furan rings is 1. The maximum Gasteiger partial charge on any atom is 0.410 e. The third-order valence-corrected chi connectivity index (χ3v) is 3.45. The Morgan fingerprint density at radius 2 is 2.05 bits per heavy atom. The quantitative estimate of drug-likeness (QED) is 0.907. The van der Waals surface area contributed by atoms with Crippen LogP contribution in [0.2, 0.25) is 5.22 Å². The van der Waals surface area contributed by atoms with E-state index in [2.05, 4.69) is 0 Å². The molecule has 2 atom stereocenters. The summed E-state index contributed by atoms with van der Waals surface area (Å²) in [5, 5.41) is 9.53. The fourth-order valence-corrected chi connectivity index (χ4v) is 2.50. The summed E-state index contributed by atoms with van der Waals surface area (Å²) in [4.78, 5) is 24.9. The molecular weight excluding hydrogens is 298 g/mol. The minimum Gasteiger partial charge on any atom is -0.481 e. The van der Waals surface area contributed by atoms with Gasteiger partial charge in [0.15, 0.2) is 5.22 Å². The topological polar surface area (TPSA) is 80.0 Å². The molecule has 1 aliphatic heterocycles. The van der Waals surface area contributed by atoms with Crippen LogP contribution in [0.25, 0.3) is 0 Å². The molecule has 0 bridgehead atoms. The van der Waals surface area contributed by atoms with Crippen molar-refractivity contribution >= 4 is 23.7 Å². The molecular formula is C14H18ClNO5. The Bertz CT molecular complexity index is 548. The zero-order valence-electron chi connectivity index (χ0n) is 12.1. The van der Waals surface area contributed by atoms with Crippen LogP contribution in [0.5, 0.6) is 0 Å². The van der Waals surface area contributed by atoms with Crippen LogP contribution < -0.4 is 0 Å². The molecule has 1 aliphatic rings. The average molecular weight is 316 g/mol. The Balaban J connectivity index is 2.15. The molecule has 1 aromatic heterocycles. The number of carboxylic acids is 1. The van der Waals surface area contributed by atoms with Crippen molar-refractivity contribution < 1.29 is 23.8 Å². The Labute approximate surface area is 127 Å². The number of carbonyl (C=O) groups is 2. The van der Waals surface area contributed by atoms with Crippen molar-refractivity contribution in [1.29, 1.82) is 0 Å². The molecule has 0 aliphatic carbocycles. The van der Waals surface area contributed by atoms with E-state index in [0.29, 0.717) is 5.76 Å². The number of hydrogen-bond acceptors (Lipinski definition) is 4. The van der Waals surface area contributed by atoms with Crippen LogP contribution in [0.4, 0.5) is 4.79 Å². The Hall–Kier alpha value is -1.69. The first-order valence-electron chi connectivity index (χ1n) is 6.63. The van der Waals surface area contributed by atoms with Gasteiger partial charge in [-0.3, -0.25) is 4.79 Å². The molecule has 0 saturated carbocycles. The van der Waals surface area contributed by atoms with Crippen LogP contribution in [0.15, 0.2) is 16.5 Å². The lowest BCUT2D eigenvalue weighted by Gasteiger charge is -2.24. The second kappa shape index (κ2) is 5.60. The number of nitrogens with zero attached hydrogens (tertiary/aromatic N) is 1. The van der Waals surface area contributed by atoms with E-state index in [1.165, 1.54) is 4.90 Å². The lowest BCUT2D eigenvalue weighted by molar-refractivity contribution is -0.141. The van der Waals surface area contributed by atoms with Crippen molar-refractivity contribution in [3.63, 3.8) is 0 Å². The molecule has 2 rings (SSSR count). The van der Waals surface area contributed by atoms with Crippen molar-refractivity contribution in [2.75, 3.05) is 13.1 Å². The average Bonchev–Trinajstić information content (AvgIpc) is 2.91. The highest BCUT2D eigenvalue weighted by Gasteiger charge is 2.43. The molecule has 116 valence electrons. The highest BCUT2D eigenvalue weighted by molar-refractivity contribution is 6.28. The van der Waals surface area contributed by atoms with Crippen molar-refractivity contribution in [2.24, 2.45) is 5.92 Å². The number of ether oxygens (including phenoxy) is 1. The number of likely N-dealkylation sites (tertiary alicyclic amines) is 1. The van der Waals surface area contributed by atoms with Crippen LogP contribution in [-0.4, -0.2) is 40.8 Å². The van der Waals surface area contributed by atoms with Crippen molar-refractivity contribution in [1.82, 2.24) is 4.90 Å². The second-order valence-electron chi connectivity index (χ2n) is 6.08. The van der Waals surface area contributed by atoms with E-state index in [0.717, 1.165) is 0 Å². The van der Waals surface area contributed by atoms with E-state index in [4.69, 9.17) is 20.8 Å². The largest absolute Gasteiger partial charge is 0.481 e. The van der Waals surface area contributed by atoms with E-state index < -0.39 is 29.5 Å².